The smallest absolute Gasteiger partial charge is 0.125 e. The molecule has 84 valence electrons. The lowest BCUT2D eigenvalue weighted by molar-refractivity contribution is 0.476. The fraction of sp³-hybridized carbons (Fsp3) is 0. The number of hydrogen-bond acceptors (Lipinski definition) is 4. The molecule has 2 rings (SSSR count). The fourth-order valence-corrected chi connectivity index (χ4v) is 2.77. The lowest BCUT2D eigenvalue weighted by Crippen LogP contribution is -1.83. The van der Waals surface area contributed by atoms with E-state index in [0.717, 1.165) is 21.3 Å². The van der Waals surface area contributed by atoms with Gasteiger partial charge in [0.2, 0.25) is 0 Å². The molecule has 17 heavy (non-hydrogen) atoms. The van der Waals surface area contributed by atoms with Gasteiger partial charge < -0.3 is 5.11 Å². The summed E-state index contributed by atoms with van der Waals surface area (Å²) in [6.45, 7) is 0. The molecule has 1 heterocycles. The second kappa shape index (κ2) is 5.13. The number of aliphatic hydroxyl groups is 1. The number of nitriles is 1. The van der Waals surface area contributed by atoms with E-state index in [1.54, 1.807) is 5.38 Å². The molecular formula is C12H7BrN2OS. The van der Waals surface area contributed by atoms with Crippen molar-refractivity contribution in [3.63, 3.8) is 0 Å². The third kappa shape index (κ3) is 2.38. The highest BCUT2D eigenvalue weighted by Crippen LogP contribution is 2.31. The van der Waals surface area contributed by atoms with Crippen LogP contribution in [0.5, 0.6) is 0 Å². The summed E-state index contributed by atoms with van der Waals surface area (Å²) in [4.78, 5) is 4.32. The number of allylic oxidation sites excluding steroid dienone is 1. The van der Waals surface area contributed by atoms with Gasteiger partial charge in [-0.1, -0.05) is 34.1 Å². The maximum Gasteiger partial charge on any atom is 0.125 e. The molecule has 0 saturated heterocycles. The highest BCUT2D eigenvalue weighted by atomic mass is 79.9. The number of thiazole rings is 1. The summed E-state index contributed by atoms with van der Waals surface area (Å²) in [7, 11) is 0. The molecule has 0 saturated carbocycles. The van der Waals surface area contributed by atoms with Crippen LogP contribution in [0.25, 0.3) is 16.1 Å². The minimum atomic E-state index is 0.166. The van der Waals surface area contributed by atoms with E-state index in [0.29, 0.717) is 5.69 Å². The van der Waals surface area contributed by atoms with E-state index >= 15 is 0 Å². The van der Waals surface area contributed by atoms with E-state index in [9.17, 15) is 0 Å². The molecule has 0 fully saturated rings. The number of hydrogen-bond donors (Lipinski definition) is 1. The highest BCUT2D eigenvalue weighted by molar-refractivity contribution is 9.10. The zero-order valence-corrected chi connectivity index (χ0v) is 11.0. The van der Waals surface area contributed by atoms with Crippen molar-refractivity contribution in [1.82, 2.24) is 4.98 Å². The van der Waals surface area contributed by atoms with E-state index in [1.807, 2.05) is 30.3 Å². The Morgan fingerprint density at radius 2 is 2.24 bits per heavy atom. The Kier molecular flexibility index (Phi) is 3.57. The largest absolute Gasteiger partial charge is 0.514 e. The van der Waals surface area contributed by atoms with E-state index in [1.165, 1.54) is 11.3 Å². The van der Waals surface area contributed by atoms with Crippen LogP contribution in [0.2, 0.25) is 0 Å². The SMILES string of the molecule is N#CC(=CO)c1csc(-c2ccccc2Br)n1. The van der Waals surface area contributed by atoms with Crippen LogP contribution in [0.15, 0.2) is 40.4 Å². The molecule has 1 N–H and O–H groups in total. The van der Waals surface area contributed by atoms with Crippen LogP contribution in [0.3, 0.4) is 0 Å². The second-order valence-electron chi connectivity index (χ2n) is 3.17. The Balaban J connectivity index is 2.44. The van der Waals surface area contributed by atoms with Crippen molar-refractivity contribution in [2.24, 2.45) is 0 Å². The minimum absolute atomic E-state index is 0.166. The number of aliphatic hydroxyl groups excluding tert-OH is 1. The summed E-state index contributed by atoms with van der Waals surface area (Å²) >= 11 is 4.88. The number of aromatic nitrogens is 1. The summed E-state index contributed by atoms with van der Waals surface area (Å²) in [6.07, 6.45) is 0.777. The number of halogens is 1. The van der Waals surface area contributed by atoms with Crippen LogP contribution in [-0.4, -0.2) is 10.1 Å². The Bertz CT molecular complexity index is 613. The molecule has 2 aromatic rings. The molecule has 0 spiro atoms. The monoisotopic (exact) mass is 306 g/mol. The number of rotatable bonds is 2. The van der Waals surface area contributed by atoms with E-state index in [4.69, 9.17) is 10.4 Å². The molecule has 0 aliphatic heterocycles. The van der Waals surface area contributed by atoms with Crippen LogP contribution < -0.4 is 0 Å². The Morgan fingerprint density at radius 3 is 2.88 bits per heavy atom. The van der Waals surface area contributed by atoms with E-state index in [-0.39, 0.29) is 5.57 Å². The predicted molar refractivity (Wildman–Crippen MR) is 71.5 cm³/mol. The number of nitrogens with zero attached hydrogens (tertiary/aromatic N) is 2. The molecule has 1 aromatic carbocycles. The van der Waals surface area contributed by atoms with Gasteiger partial charge in [0.1, 0.15) is 16.6 Å². The van der Waals surface area contributed by atoms with Gasteiger partial charge in [0.15, 0.2) is 0 Å². The van der Waals surface area contributed by atoms with Gasteiger partial charge in [-0.15, -0.1) is 11.3 Å². The Hall–Kier alpha value is -1.64. The lowest BCUT2D eigenvalue weighted by Gasteiger charge is -1.98. The average Bonchev–Trinajstić information content (AvgIpc) is 2.81. The first kappa shape index (κ1) is 11.8. The molecule has 3 nitrogen and oxygen atoms in total. The van der Waals surface area contributed by atoms with E-state index < -0.39 is 0 Å². The van der Waals surface area contributed by atoms with Crippen molar-refractivity contribution in [2.45, 2.75) is 0 Å². The number of benzene rings is 1. The molecule has 0 atom stereocenters. The van der Waals surface area contributed by atoms with Gasteiger partial charge in [-0.25, -0.2) is 4.98 Å². The van der Waals surface area contributed by atoms with Gasteiger partial charge in [0.05, 0.1) is 12.0 Å². The van der Waals surface area contributed by atoms with Gasteiger partial charge in [0.25, 0.3) is 0 Å². The molecule has 0 aliphatic rings. The second-order valence-corrected chi connectivity index (χ2v) is 4.88. The Labute approximate surface area is 111 Å². The standard InChI is InChI=1S/C12H7BrN2OS/c13-10-4-2-1-3-9(10)12-15-11(7-17-12)8(5-14)6-16/h1-4,6-7,16H. The maximum absolute atomic E-state index is 8.88. The Morgan fingerprint density at radius 1 is 1.47 bits per heavy atom. The molecule has 0 unspecified atom stereocenters. The van der Waals surface area contributed by atoms with Crippen LogP contribution in [0.1, 0.15) is 5.69 Å². The van der Waals surface area contributed by atoms with Crippen molar-refractivity contribution < 1.29 is 5.11 Å². The molecule has 0 amide bonds. The quantitative estimate of drug-likeness (QED) is 0.674. The van der Waals surface area contributed by atoms with Crippen molar-refractivity contribution in [1.29, 1.82) is 5.26 Å². The van der Waals surface area contributed by atoms with Crippen molar-refractivity contribution in [3.05, 3.63) is 46.1 Å². The summed E-state index contributed by atoms with van der Waals surface area (Å²) in [5.41, 5.74) is 1.63. The molecular weight excluding hydrogens is 300 g/mol. The topological polar surface area (TPSA) is 56.9 Å². The van der Waals surface area contributed by atoms with Gasteiger partial charge in [-0.3, -0.25) is 0 Å². The minimum Gasteiger partial charge on any atom is -0.514 e. The summed E-state index contributed by atoms with van der Waals surface area (Å²) < 4.78 is 0.951. The van der Waals surface area contributed by atoms with Gasteiger partial charge >= 0.3 is 0 Å². The van der Waals surface area contributed by atoms with Crippen molar-refractivity contribution in [3.8, 4) is 16.6 Å². The van der Waals surface area contributed by atoms with Crippen molar-refractivity contribution >= 4 is 32.8 Å². The van der Waals surface area contributed by atoms with Gasteiger partial charge in [-0.2, -0.15) is 5.26 Å². The zero-order chi connectivity index (χ0) is 12.3. The summed E-state index contributed by atoms with van der Waals surface area (Å²) in [6, 6.07) is 9.62. The first-order chi connectivity index (χ1) is 8.26. The third-order valence-corrected chi connectivity index (χ3v) is 3.70. The molecule has 5 heteroatoms. The summed E-state index contributed by atoms with van der Waals surface area (Å²) in [5, 5.41) is 20.2. The van der Waals surface area contributed by atoms with Crippen molar-refractivity contribution in [2.75, 3.05) is 0 Å². The van der Waals surface area contributed by atoms with Gasteiger partial charge in [0, 0.05) is 15.4 Å². The van der Waals surface area contributed by atoms with Gasteiger partial charge in [-0.05, 0) is 6.07 Å². The molecule has 1 aromatic heterocycles. The first-order valence-corrected chi connectivity index (χ1v) is 6.39. The first-order valence-electron chi connectivity index (χ1n) is 4.71. The fourth-order valence-electron chi connectivity index (χ4n) is 1.31. The van der Waals surface area contributed by atoms with Crippen LogP contribution in [0.4, 0.5) is 0 Å². The molecule has 0 aliphatic carbocycles. The molecule has 0 radical (unpaired) electrons. The maximum atomic E-state index is 8.88. The highest BCUT2D eigenvalue weighted by Gasteiger charge is 2.10. The van der Waals surface area contributed by atoms with Crippen LogP contribution >= 0.6 is 27.3 Å². The zero-order valence-electron chi connectivity index (χ0n) is 8.59. The predicted octanol–water partition coefficient (Wildman–Crippen LogP) is 4.00. The van der Waals surface area contributed by atoms with Crippen LogP contribution in [0, 0.1) is 11.3 Å². The molecule has 0 bridgehead atoms. The lowest BCUT2D eigenvalue weighted by atomic mass is 10.2. The third-order valence-electron chi connectivity index (χ3n) is 2.13. The average molecular weight is 307 g/mol. The van der Waals surface area contributed by atoms with Crippen LogP contribution in [-0.2, 0) is 0 Å². The summed E-state index contributed by atoms with van der Waals surface area (Å²) in [5.74, 6) is 0. The normalized spacial score (nSPS) is 11.2. The van der Waals surface area contributed by atoms with E-state index in [2.05, 4.69) is 20.9 Å².